The molecule has 0 spiro atoms. The highest BCUT2D eigenvalue weighted by Gasteiger charge is 2.13. The molecule has 0 unspecified atom stereocenters. The number of nitrogens with one attached hydrogen (secondary N) is 2. The molecule has 0 aliphatic rings. The van der Waals surface area contributed by atoms with E-state index in [9.17, 15) is 18.4 Å². The van der Waals surface area contributed by atoms with Gasteiger partial charge in [-0.1, -0.05) is 0 Å². The average molecular weight is 277 g/mol. The Kier molecular flexibility index (Phi) is 3.99. The monoisotopic (exact) mass is 277 g/mol. The summed E-state index contributed by atoms with van der Waals surface area (Å²) in [7, 11) is 0. The van der Waals surface area contributed by atoms with E-state index in [0.29, 0.717) is 6.07 Å². The Morgan fingerprint density at radius 3 is 2.45 bits per heavy atom. The smallest absolute Gasteiger partial charge is 0.267 e. The molecule has 0 atom stereocenters. The van der Waals surface area contributed by atoms with Crippen molar-refractivity contribution in [3.05, 3.63) is 65.5 Å². The Hall–Kier alpha value is -2.83. The zero-order chi connectivity index (χ0) is 14.5. The van der Waals surface area contributed by atoms with E-state index < -0.39 is 23.4 Å². The quantitative estimate of drug-likeness (QED) is 0.816. The molecule has 7 heteroatoms. The summed E-state index contributed by atoms with van der Waals surface area (Å²) in [6, 6.07) is 5.55. The lowest BCUT2D eigenvalue weighted by atomic mass is 10.2. The first-order chi connectivity index (χ1) is 9.58. The molecule has 0 saturated heterocycles. The number of nitrogens with zero attached hydrogens (tertiary/aromatic N) is 1. The molecule has 2 amide bonds. The highest BCUT2D eigenvalue weighted by Crippen LogP contribution is 2.08. The molecule has 1 aromatic heterocycles. The number of halogens is 2. The number of pyridine rings is 1. The SMILES string of the molecule is O=C(NNC(=O)c1ccc(F)cc1F)c1cccnc1. The summed E-state index contributed by atoms with van der Waals surface area (Å²) in [5, 5.41) is 0. The Balaban J connectivity index is 2.00. The van der Waals surface area contributed by atoms with Gasteiger partial charge in [0, 0.05) is 18.5 Å². The maximum Gasteiger partial charge on any atom is 0.272 e. The molecule has 20 heavy (non-hydrogen) atoms. The highest BCUT2D eigenvalue weighted by molar-refractivity contribution is 5.98. The van der Waals surface area contributed by atoms with Crippen LogP contribution >= 0.6 is 0 Å². The Morgan fingerprint density at radius 2 is 1.80 bits per heavy atom. The van der Waals surface area contributed by atoms with Gasteiger partial charge in [0.2, 0.25) is 0 Å². The molecule has 0 aliphatic heterocycles. The molecule has 2 aromatic rings. The maximum atomic E-state index is 13.3. The molecule has 2 rings (SSSR count). The van der Waals surface area contributed by atoms with Crippen LogP contribution in [0.4, 0.5) is 8.78 Å². The van der Waals surface area contributed by atoms with Gasteiger partial charge in [-0.3, -0.25) is 25.4 Å². The summed E-state index contributed by atoms with van der Waals surface area (Å²) in [6.07, 6.45) is 2.79. The van der Waals surface area contributed by atoms with E-state index in [1.807, 2.05) is 5.43 Å². The lowest BCUT2D eigenvalue weighted by Crippen LogP contribution is -2.42. The molecule has 1 heterocycles. The molecule has 0 fully saturated rings. The van der Waals surface area contributed by atoms with Crippen LogP contribution in [0, 0.1) is 11.6 Å². The minimum absolute atomic E-state index is 0.229. The predicted octanol–water partition coefficient (Wildman–Crippen LogP) is 1.43. The minimum atomic E-state index is -1.02. The van der Waals surface area contributed by atoms with Crippen LogP contribution in [0.15, 0.2) is 42.7 Å². The van der Waals surface area contributed by atoms with Crippen LogP contribution < -0.4 is 10.9 Å². The topological polar surface area (TPSA) is 71.1 Å². The van der Waals surface area contributed by atoms with E-state index in [-0.39, 0.29) is 11.1 Å². The van der Waals surface area contributed by atoms with Gasteiger partial charge >= 0.3 is 0 Å². The van der Waals surface area contributed by atoms with Gasteiger partial charge in [-0.25, -0.2) is 8.78 Å². The van der Waals surface area contributed by atoms with Crippen molar-refractivity contribution in [1.29, 1.82) is 0 Å². The number of hydrogen-bond donors (Lipinski definition) is 2. The van der Waals surface area contributed by atoms with E-state index in [4.69, 9.17) is 0 Å². The summed E-state index contributed by atoms with van der Waals surface area (Å²) in [4.78, 5) is 26.9. The van der Waals surface area contributed by atoms with Crippen molar-refractivity contribution in [3.63, 3.8) is 0 Å². The van der Waals surface area contributed by atoms with Gasteiger partial charge in [0.15, 0.2) is 0 Å². The van der Waals surface area contributed by atoms with E-state index in [2.05, 4.69) is 10.4 Å². The van der Waals surface area contributed by atoms with Gasteiger partial charge in [0.1, 0.15) is 11.6 Å². The van der Waals surface area contributed by atoms with Crippen molar-refractivity contribution in [2.24, 2.45) is 0 Å². The minimum Gasteiger partial charge on any atom is -0.267 e. The van der Waals surface area contributed by atoms with Gasteiger partial charge < -0.3 is 0 Å². The number of carbonyl (C=O) groups excluding carboxylic acids is 2. The van der Waals surface area contributed by atoms with Crippen LogP contribution in [0.3, 0.4) is 0 Å². The lowest BCUT2D eigenvalue weighted by molar-refractivity contribution is 0.0844. The normalized spacial score (nSPS) is 9.90. The zero-order valence-corrected chi connectivity index (χ0v) is 10.1. The second-order valence-electron chi connectivity index (χ2n) is 3.77. The third-order valence-electron chi connectivity index (χ3n) is 2.39. The van der Waals surface area contributed by atoms with Crippen LogP contribution in [0.5, 0.6) is 0 Å². The molecule has 1 aromatic carbocycles. The average Bonchev–Trinajstić information content (AvgIpc) is 2.45. The second kappa shape index (κ2) is 5.87. The molecule has 2 N–H and O–H groups in total. The molecular weight excluding hydrogens is 268 g/mol. The Morgan fingerprint density at radius 1 is 1.05 bits per heavy atom. The summed E-state index contributed by atoms with van der Waals surface area (Å²) in [5.74, 6) is -3.30. The third kappa shape index (κ3) is 3.14. The maximum absolute atomic E-state index is 13.3. The van der Waals surface area contributed by atoms with Crippen molar-refractivity contribution >= 4 is 11.8 Å². The largest absolute Gasteiger partial charge is 0.272 e. The fourth-order valence-electron chi connectivity index (χ4n) is 1.42. The van der Waals surface area contributed by atoms with Crippen LogP contribution in [-0.4, -0.2) is 16.8 Å². The van der Waals surface area contributed by atoms with Gasteiger partial charge in [0.05, 0.1) is 11.1 Å². The zero-order valence-electron chi connectivity index (χ0n) is 10.1. The van der Waals surface area contributed by atoms with Gasteiger partial charge in [-0.05, 0) is 24.3 Å². The highest BCUT2D eigenvalue weighted by atomic mass is 19.1. The molecule has 0 aliphatic carbocycles. The van der Waals surface area contributed by atoms with Gasteiger partial charge in [-0.15, -0.1) is 0 Å². The number of hydrogen-bond acceptors (Lipinski definition) is 3. The third-order valence-corrected chi connectivity index (χ3v) is 2.39. The van der Waals surface area contributed by atoms with E-state index in [0.717, 1.165) is 12.1 Å². The predicted molar refractivity (Wildman–Crippen MR) is 65.5 cm³/mol. The lowest BCUT2D eigenvalue weighted by Gasteiger charge is -2.07. The van der Waals surface area contributed by atoms with Crippen LogP contribution in [0.25, 0.3) is 0 Å². The molecule has 0 radical (unpaired) electrons. The molecule has 5 nitrogen and oxygen atoms in total. The van der Waals surface area contributed by atoms with Crippen molar-refractivity contribution in [2.75, 3.05) is 0 Å². The summed E-state index contributed by atoms with van der Waals surface area (Å²) in [6.45, 7) is 0. The molecular formula is C13H9F2N3O2. The van der Waals surface area contributed by atoms with Crippen molar-refractivity contribution in [2.45, 2.75) is 0 Å². The molecule has 0 bridgehead atoms. The molecule has 0 saturated carbocycles. The molecule has 102 valence electrons. The Labute approximate surface area is 112 Å². The fraction of sp³-hybridized carbons (Fsp3) is 0. The first-order valence-corrected chi connectivity index (χ1v) is 5.53. The van der Waals surface area contributed by atoms with Crippen molar-refractivity contribution < 1.29 is 18.4 Å². The standard InChI is InChI=1S/C13H9F2N3O2/c14-9-3-4-10(11(15)6-9)13(20)18-17-12(19)8-2-1-5-16-7-8/h1-7H,(H,17,19)(H,18,20). The van der Waals surface area contributed by atoms with Crippen LogP contribution in [-0.2, 0) is 0 Å². The van der Waals surface area contributed by atoms with Gasteiger partial charge in [0.25, 0.3) is 11.8 Å². The second-order valence-corrected chi connectivity index (χ2v) is 3.77. The first-order valence-electron chi connectivity index (χ1n) is 5.53. The number of carbonyl (C=O) groups is 2. The first kappa shape index (κ1) is 13.6. The summed E-state index contributed by atoms with van der Waals surface area (Å²) < 4.78 is 26.0. The summed E-state index contributed by atoms with van der Waals surface area (Å²) >= 11 is 0. The Bertz CT molecular complexity index is 647. The number of hydrazine groups is 1. The van der Waals surface area contributed by atoms with Gasteiger partial charge in [-0.2, -0.15) is 0 Å². The van der Waals surface area contributed by atoms with E-state index in [1.54, 1.807) is 6.07 Å². The number of rotatable bonds is 2. The van der Waals surface area contributed by atoms with E-state index >= 15 is 0 Å². The van der Waals surface area contributed by atoms with Crippen molar-refractivity contribution in [1.82, 2.24) is 15.8 Å². The van der Waals surface area contributed by atoms with Crippen LogP contribution in [0.2, 0.25) is 0 Å². The van der Waals surface area contributed by atoms with Crippen LogP contribution in [0.1, 0.15) is 20.7 Å². The fourth-order valence-corrected chi connectivity index (χ4v) is 1.42. The van der Waals surface area contributed by atoms with E-state index in [1.165, 1.54) is 18.5 Å². The number of aromatic nitrogens is 1. The number of amides is 2. The van der Waals surface area contributed by atoms with Crippen molar-refractivity contribution in [3.8, 4) is 0 Å². The number of benzene rings is 1. The summed E-state index contributed by atoms with van der Waals surface area (Å²) in [5.41, 5.74) is 3.98.